The van der Waals surface area contributed by atoms with E-state index in [1.165, 1.54) is 19.4 Å². The van der Waals surface area contributed by atoms with E-state index in [-0.39, 0.29) is 11.3 Å². The molecule has 0 saturated heterocycles. The van der Waals surface area contributed by atoms with Crippen molar-refractivity contribution in [2.75, 3.05) is 7.11 Å². The van der Waals surface area contributed by atoms with E-state index >= 15 is 0 Å². The summed E-state index contributed by atoms with van der Waals surface area (Å²) in [6.07, 6.45) is 5.18. The first-order chi connectivity index (χ1) is 10.1. The van der Waals surface area contributed by atoms with E-state index in [2.05, 4.69) is 4.98 Å². The maximum absolute atomic E-state index is 13.0. The lowest BCUT2D eigenvalue weighted by Gasteiger charge is -2.02. The average molecular weight is 282 g/mol. The molecule has 0 amide bonds. The van der Waals surface area contributed by atoms with Crippen LogP contribution in [0.5, 0.6) is 5.75 Å². The smallest absolute Gasteiger partial charge is 0.187 e. The molecule has 21 heavy (non-hydrogen) atoms. The summed E-state index contributed by atoms with van der Waals surface area (Å²) in [6.45, 7) is 0. The number of benzene rings is 1. The number of rotatable bonds is 4. The van der Waals surface area contributed by atoms with Gasteiger partial charge in [-0.2, -0.15) is 5.26 Å². The zero-order valence-corrected chi connectivity index (χ0v) is 11.2. The summed E-state index contributed by atoms with van der Waals surface area (Å²) in [5.41, 5.74) is 1.21. The van der Waals surface area contributed by atoms with Crippen LogP contribution in [0.25, 0.3) is 6.08 Å². The van der Waals surface area contributed by atoms with E-state index in [1.54, 1.807) is 24.3 Å². The van der Waals surface area contributed by atoms with Crippen LogP contribution in [0.15, 0.2) is 42.7 Å². The molecule has 2 rings (SSSR count). The molecule has 104 valence electrons. The molecule has 0 bridgehead atoms. The number of allylic oxidation sites excluding steroid dienone is 1. The fourth-order valence-electron chi connectivity index (χ4n) is 1.73. The molecule has 0 unspecified atom stereocenters. The summed E-state index contributed by atoms with van der Waals surface area (Å²) < 4.78 is 18.0. The van der Waals surface area contributed by atoms with Crippen molar-refractivity contribution in [3.05, 3.63) is 65.2 Å². The van der Waals surface area contributed by atoms with E-state index in [0.717, 1.165) is 12.3 Å². The van der Waals surface area contributed by atoms with E-state index in [1.807, 2.05) is 6.07 Å². The van der Waals surface area contributed by atoms with E-state index in [4.69, 9.17) is 10.00 Å². The zero-order valence-electron chi connectivity index (χ0n) is 11.2. The number of halogens is 1. The van der Waals surface area contributed by atoms with Crippen molar-refractivity contribution < 1.29 is 13.9 Å². The van der Waals surface area contributed by atoms with Crippen molar-refractivity contribution in [2.45, 2.75) is 0 Å². The predicted octanol–water partition coefficient (Wildman–Crippen LogP) is 3.00. The van der Waals surface area contributed by atoms with Gasteiger partial charge in [0.05, 0.1) is 18.9 Å². The highest BCUT2D eigenvalue weighted by molar-refractivity contribution is 6.06. The van der Waals surface area contributed by atoms with Crippen LogP contribution >= 0.6 is 0 Å². The lowest BCUT2D eigenvalue weighted by Crippen LogP contribution is -1.96. The van der Waals surface area contributed by atoms with Crippen molar-refractivity contribution >= 4 is 11.9 Å². The molecule has 2 aromatic rings. The Morgan fingerprint density at radius 2 is 2.19 bits per heavy atom. The van der Waals surface area contributed by atoms with Crippen molar-refractivity contribution in [3.8, 4) is 11.8 Å². The SMILES string of the molecule is COc1ccc(/C=C/C(=O)c2cncc(F)c2)cc1C#N. The summed E-state index contributed by atoms with van der Waals surface area (Å²) in [6, 6.07) is 8.09. The van der Waals surface area contributed by atoms with Crippen LogP contribution < -0.4 is 4.74 Å². The van der Waals surface area contributed by atoms with Gasteiger partial charge in [-0.15, -0.1) is 0 Å². The molecule has 1 heterocycles. The van der Waals surface area contributed by atoms with Crippen molar-refractivity contribution in [2.24, 2.45) is 0 Å². The number of carbonyl (C=O) groups is 1. The number of ether oxygens (including phenoxy) is 1. The molecule has 0 N–H and O–H groups in total. The van der Waals surface area contributed by atoms with E-state index in [0.29, 0.717) is 16.9 Å². The van der Waals surface area contributed by atoms with Crippen molar-refractivity contribution in [1.29, 1.82) is 5.26 Å². The molecule has 0 fully saturated rings. The Balaban J connectivity index is 2.22. The lowest BCUT2D eigenvalue weighted by atomic mass is 10.1. The zero-order chi connectivity index (χ0) is 15.2. The van der Waals surface area contributed by atoms with E-state index < -0.39 is 5.82 Å². The highest BCUT2D eigenvalue weighted by Crippen LogP contribution is 2.19. The average Bonchev–Trinajstić information content (AvgIpc) is 2.52. The van der Waals surface area contributed by atoms with Gasteiger partial charge in [-0.25, -0.2) is 4.39 Å². The van der Waals surface area contributed by atoms with Gasteiger partial charge in [-0.05, 0) is 29.8 Å². The second-order valence-electron chi connectivity index (χ2n) is 4.16. The Hall–Kier alpha value is -3.00. The molecule has 1 aromatic carbocycles. The third-order valence-corrected chi connectivity index (χ3v) is 2.76. The largest absolute Gasteiger partial charge is 0.495 e. The lowest BCUT2D eigenvalue weighted by molar-refractivity contribution is 0.104. The van der Waals surface area contributed by atoms with Gasteiger partial charge < -0.3 is 4.74 Å². The summed E-state index contributed by atoms with van der Waals surface area (Å²) >= 11 is 0. The predicted molar refractivity (Wildman–Crippen MR) is 75.3 cm³/mol. The van der Waals surface area contributed by atoms with Crippen molar-refractivity contribution in [1.82, 2.24) is 4.98 Å². The first-order valence-corrected chi connectivity index (χ1v) is 6.05. The van der Waals surface area contributed by atoms with Crippen LogP contribution in [-0.4, -0.2) is 17.9 Å². The number of hydrogen-bond acceptors (Lipinski definition) is 4. The molecule has 0 aliphatic carbocycles. The fraction of sp³-hybridized carbons (Fsp3) is 0.0625. The van der Waals surface area contributed by atoms with Crippen LogP contribution in [0.4, 0.5) is 4.39 Å². The van der Waals surface area contributed by atoms with Gasteiger partial charge in [0.15, 0.2) is 5.78 Å². The Kier molecular flexibility index (Phi) is 4.42. The van der Waals surface area contributed by atoms with Crippen LogP contribution in [-0.2, 0) is 0 Å². The van der Waals surface area contributed by atoms with Gasteiger partial charge in [0.1, 0.15) is 17.6 Å². The third-order valence-electron chi connectivity index (χ3n) is 2.76. The molecule has 5 heteroatoms. The van der Waals surface area contributed by atoms with Gasteiger partial charge in [0, 0.05) is 11.8 Å². The van der Waals surface area contributed by atoms with Crippen LogP contribution in [0.3, 0.4) is 0 Å². The minimum atomic E-state index is -0.564. The molecule has 0 saturated carbocycles. The number of methoxy groups -OCH3 is 1. The molecule has 0 aliphatic rings. The summed E-state index contributed by atoms with van der Waals surface area (Å²) in [4.78, 5) is 15.5. The van der Waals surface area contributed by atoms with Gasteiger partial charge in [-0.1, -0.05) is 12.1 Å². The highest BCUT2D eigenvalue weighted by Gasteiger charge is 2.05. The number of aromatic nitrogens is 1. The molecule has 0 aliphatic heterocycles. The minimum absolute atomic E-state index is 0.167. The quantitative estimate of drug-likeness (QED) is 0.638. The number of nitriles is 1. The second kappa shape index (κ2) is 6.44. The number of ketones is 1. The Bertz CT molecular complexity index is 748. The van der Waals surface area contributed by atoms with Crippen LogP contribution in [0.2, 0.25) is 0 Å². The number of carbonyl (C=O) groups excluding carboxylic acids is 1. The van der Waals surface area contributed by atoms with Gasteiger partial charge in [-0.3, -0.25) is 9.78 Å². The maximum Gasteiger partial charge on any atom is 0.187 e. The Labute approximate surface area is 121 Å². The van der Waals surface area contributed by atoms with Gasteiger partial charge in [0.2, 0.25) is 0 Å². The second-order valence-corrected chi connectivity index (χ2v) is 4.16. The summed E-state index contributed by atoms with van der Waals surface area (Å²) in [5, 5.41) is 8.99. The Morgan fingerprint density at radius 3 is 2.86 bits per heavy atom. The first-order valence-electron chi connectivity index (χ1n) is 6.05. The molecule has 4 nitrogen and oxygen atoms in total. The fourth-order valence-corrected chi connectivity index (χ4v) is 1.73. The number of nitrogens with zero attached hydrogens (tertiary/aromatic N) is 2. The monoisotopic (exact) mass is 282 g/mol. The highest BCUT2D eigenvalue weighted by atomic mass is 19.1. The molecule has 0 spiro atoms. The van der Waals surface area contributed by atoms with Crippen molar-refractivity contribution in [3.63, 3.8) is 0 Å². The standard InChI is InChI=1S/C16H11FN2O2/c1-21-16-5-3-11(6-12(16)8-18)2-4-15(20)13-7-14(17)10-19-9-13/h2-7,9-10H,1H3/b4-2+. The van der Waals surface area contributed by atoms with E-state index in [9.17, 15) is 9.18 Å². The molecular weight excluding hydrogens is 271 g/mol. The van der Waals surface area contributed by atoms with Gasteiger partial charge >= 0.3 is 0 Å². The topological polar surface area (TPSA) is 63.0 Å². The molecular formula is C16H11FN2O2. The molecule has 1 aromatic heterocycles. The van der Waals surface area contributed by atoms with Crippen LogP contribution in [0.1, 0.15) is 21.5 Å². The molecule has 0 atom stereocenters. The van der Waals surface area contributed by atoms with Crippen LogP contribution in [0, 0.1) is 17.1 Å². The minimum Gasteiger partial charge on any atom is -0.495 e. The van der Waals surface area contributed by atoms with Gasteiger partial charge in [0.25, 0.3) is 0 Å². The normalized spacial score (nSPS) is 10.3. The molecule has 0 radical (unpaired) electrons. The summed E-state index contributed by atoms with van der Waals surface area (Å²) in [7, 11) is 1.48. The summed E-state index contributed by atoms with van der Waals surface area (Å²) in [5.74, 6) is -0.461. The number of hydrogen-bond donors (Lipinski definition) is 0. The first kappa shape index (κ1) is 14.4. The maximum atomic E-state index is 13.0. The Morgan fingerprint density at radius 1 is 1.38 bits per heavy atom. The number of pyridine rings is 1. The third kappa shape index (κ3) is 3.51.